The third kappa shape index (κ3) is 5.74. The summed E-state index contributed by atoms with van der Waals surface area (Å²) in [6.07, 6.45) is 7.92. The summed E-state index contributed by atoms with van der Waals surface area (Å²) in [6, 6.07) is 0.312. The van der Waals surface area contributed by atoms with Gasteiger partial charge >= 0.3 is 6.03 Å². The zero-order chi connectivity index (χ0) is 17.6. The maximum Gasteiger partial charge on any atom is 0.317 e. The summed E-state index contributed by atoms with van der Waals surface area (Å²) < 4.78 is 0. The highest BCUT2D eigenvalue weighted by molar-refractivity contribution is 5.85. The van der Waals surface area contributed by atoms with E-state index in [-0.39, 0.29) is 35.8 Å². The molecule has 2 fully saturated rings. The first-order valence-electron chi connectivity index (χ1n) is 9.61. The highest BCUT2D eigenvalue weighted by Gasteiger charge is 2.33. The first-order chi connectivity index (χ1) is 11.5. The van der Waals surface area contributed by atoms with Crippen LogP contribution in [0, 0.1) is 5.92 Å². The fourth-order valence-corrected chi connectivity index (χ4v) is 3.84. The van der Waals surface area contributed by atoms with Crippen molar-refractivity contribution >= 4 is 24.3 Å². The lowest BCUT2D eigenvalue weighted by Gasteiger charge is -2.37. The maximum atomic E-state index is 12.7. The lowest BCUT2D eigenvalue weighted by Crippen LogP contribution is -2.57. The Balaban J connectivity index is 0.00000312. The van der Waals surface area contributed by atoms with E-state index in [0.29, 0.717) is 19.1 Å². The van der Waals surface area contributed by atoms with E-state index in [0.717, 1.165) is 45.1 Å². The minimum atomic E-state index is -0.314. The highest BCUT2D eigenvalue weighted by Crippen LogP contribution is 2.22. The first kappa shape index (κ1) is 22.0. The minimum Gasteiger partial charge on any atom is -0.349 e. The third-order valence-electron chi connectivity index (χ3n) is 5.89. The van der Waals surface area contributed by atoms with Crippen molar-refractivity contribution in [3.8, 4) is 0 Å². The molecule has 1 aliphatic heterocycles. The molecular formula is C18H35ClN4O2. The Labute approximate surface area is 158 Å². The van der Waals surface area contributed by atoms with Gasteiger partial charge < -0.3 is 21.3 Å². The van der Waals surface area contributed by atoms with Crippen LogP contribution in [0.5, 0.6) is 0 Å². The molecule has 1 saturated heterocycles. The molecule has 1 unspecified atom stereocenters. The smallest absolute Gasteiger partial charge is 0.317 e. The van der Waals surface area contributed by atoms with Gasteiger partial charge in [-0.25, -0.2) is 4.79 Å². The number of rotatable bonds is 6. The second-order valence-electron chi connectivity index (χ2n) is 7.40. The number of carbonyl (C=O) groups is 2. The van der Waals surface area contributed by atoms with Crippen LogP contribution in [0.25, 0.3) is 0 Å². The summed E-state index contributed by atoms with van der Waals surface area (Å²) in [4.78, 5) is 26.9. The van der Waals surface area contributed by atoms with Gasteiger partial charge in [-0.15, -0.1) is 12.4 Å². The summed E-state index contributed by atoms with van der Waals surface area (Å²) in [5.41, 5.74) is 5.57. The SMILES string of the molecule is CCC(CC)(CN)NC(=O)C1CCCN(C(=O)NC2CCCC2)C1.Cl. The molecule has 0 bridgehead atoms. The van der Waals surface area contributed by atoms with Gasteiger partial charge in [0.15, 0.2) is 0 Å². The summed E-state index contributed by atoms with van der Waals surface area (Å²) in [5.74, 6) is -0.0837. The lowest BCUT2D eigenvalue weighted by atomic mass is 9.90. The van der Waals surface area contributed by atoms with E-state index < -0.39 is 0 Å². The van der Waals surface area contributed by atoms with E-state index in [2.05, 4.69) is 24.5 Å². The zero-order valence-corrected chi connectivity index (χ0v) is 16.5. The molecule has 1 saturated carbocycles. The number of hydrogen-bond acceptors (Lipinski definition) is 3. The zero-order valence-electron chi connectivity index (χ0n) is 15.7. The Bertz CT molecular complexity index is 429. The van der Waals surface area contributed by atoms with Crippen molar-refractivity contribution in [2.75, 3.05) is 19.6 Å². The van der Waals surface area contributed by atoms with Gasteiger partial charge in [0.25, 0.3) is 0 Å². The van der Waals surface area contributed by atoms with E-state index >= 15 is 0 Å². The fraction of sp³-hybridized carbons (Fsp3) is 0.889. The van der Waals surface area contributed by atoms with Crippen molar-refractivity contribution in [1.82, 2.24) is 15.5 Å². The van der Waals surface area contributed by atoms with Gasteiger partial charge in [0.1, 0.15) is 0 Å². The van der Waals surface area contributed by atoms with Crippen LogP contribution in [0.15, 0.2) is 0 Å². The number of likely N-dealkylation sites (tertiary alicyclic amines) is 1. The molecule has 2 rings (SSSR count). The number of carbonyl (C=O) groups excluding carboxylic acids is 2. The molecule has 0 aromatic heterocycles. The topological polar surface area (TPSA) is 87.5 Å². The number of nitrogens with zero attached hydrogens (tertiary/aromatic N) is 1. The molecule has 6 nitrogen and oxygen atoms in total. The molecule has 3 amide bonds. The largest absolute Gasteiger partial charge is 0.349 e. The minimum absolute atomic E-state index is 0. The molecule has 0 spiro atoms. The molecule has 2 aliphatic rings. The van der Waals surface area contributed by atoms with Crippen molar-refractivity contribution in [3.63, 3.8) is 0 Å². The molecule has 4 N–H and O–H groups in total. The van der Waals surface area contributed by atoms with Crippen LogP contribution in [-0.4, -0.2) is 48.1 Å². The number of halogens is 1. The van der Waals surface area contributed by atoms with E-state index in [1.807, 2.05) is 4.90 Å². The normalized spacial score (nSPS) is 21.6. The van der Waals surface area contributed by atoms with Gasteiger partial charge in [0, 0.05) is 25.7 Å². The molecule has 146 valence electrons. The van der Waals surface area contributed by atoms with Gasteiger partial charge in [0.2, 0.25) is 5.91 Å². The first-order valence-corrected chi connectivity index (χ1v) is 9.61. The van der Waals surface area contributed by atoms with Crippen LogP contribution < -0.4 is 16.4 Å². The van der Waals surface area contributed by atoms with Crippen molar-refractivity contribution in [2.24, 2.45) is 11.7 Å². The maximum absolute atomic E-state index is 12.7. The fourth-order valence-electron chi connectivity index (χ4n) is 3.84. The molecule has 0 aromatic carbocycles. The highest BCUT2D eigenvalue weighted by atomic mass is 35.5. The Morgan fingerprint density at radius 1 is 1.12 bits per heavy atom. The average molecular weight is 375 g/mol. The van der Waals surface area contributed by atoms with Crippen molar-refractivity contribution in [2.45, 2.75) is 76.8 Å². The van der Waals surface area contributed by atoms with Gasteiger partial charge in [-0.1, -0.05) is 26.7 Å². The number of nitrogens with one attached hydrogen (secondary N) is 2. The number of piperidine rings is 1. The lowest BCUT2D eigenvalue weighted by molar-refractivity contribution is -0.128. The summed E-state index contributed by atoms with van der Waals surface area (Å²) in [7, 11) is 0. The molecular weight excluding hydrogens is 340 g/mol. The molecule has 0 aromatic rings. The van der Waals surface area contributed by atoms with Gasteiger partial charge in [-0.2, -0.15) is 0 Å². The Kier molecular flexibility index (Phi) is 9.00. The Hall–Kier alpha value is -1.01. The van der Waals surface area contributed by atoms with Crippen LogP contribution in [0.1, 0.15) is 65.2 Å². The number of nitrogens with two attached hydrogens (primary N) is 1. The second kappa shape index (κ2) is 10.2. The van der Waals surface area contributed by atoms with Gasteiger partial charge in [-0.3, -0.25) is 4.79 Å². The van der Waals surface area contributed by atoms with E-state index in [9.17, 15) is 9.59 Å². The predicted molar refractivity (Wildman–Crippen MR) is 103 cm³/mol. The standard InChI is InChI=1S/C18H34N4O2.ClH/c1-3-18(4-2,13-19)21-16(23)14-8-7-11-22(12-14)17(24)20-15-9-5-6-10-15;/h14-15H,3-13,19H2,1-2H3,(H,20,24)(H,21,23);1H. The van der Waals surface area contributed by atoms with Gasteiger partial charge in [0.05, 0.1) is 11.5 Å². The quantitative estimate of drug-likeness (QED) is 0.667. The van der Waals surface area contributed by atoms with Crippen LogP contribution in [0.4, 0.5) is 4.79 Å². The summed E-state index contributed by atoms with van der Waals surface area (Å²) >= 11 is 0. The van der Waals surface area contributed by atoms with Crippen molar-refractivity contribution < 1.29 is 9.59 Å². The van der Waals surface area contributed by atoms with Gasteiger partial charge in [-0.05, 0) is 38.5 Å². The molecule has 1 aliphatic carbocycles. The predicted octanol–water partition coefficient (Wildman–Crippen LogP) is 2.41. The molecule has 25 heavy (non-hydrogen) atoms. The van der Waals surface area contributed by atoms with Crippen LogP contribution >= 0.6 is 12.4 Å². The Morgan fingerprint density at radius 3 is 2.32 bits per heavy atom. The van der Waals surface area contributed by atoms with Crippen LogP contribution in [-0.2, 0) is 4.79 Å². The molecule has 1 heterocycles. The summed E-state index contributed by atoms with van der Waals surface area (Å²) in [6.45, 7) is 5.81. The van der Waals surface area contributed by atoms with E-state index in [1.54, 1.807) is 0 Å². The number of urea groups is 1. The van der Waals surface area contributed by atoms with Crippen molar-refractivity contribution in [3.05, 3.63) is 0 Å². The summed E-state index contributed by atoms with van der Waals surface area (Å²) in [5, 5.41) is 6.28. The Morgan fingerprint density at radius 2 is 1.76 bits per heavy atom. The van der Waals surface area contributed by atoms with E-state index in [4.69, 9.17) is 5.73 Å². The van der Waals surface area contributed by atoms with E-state index in [1.165, 1.54) is 12.8 Å². The second-order valence-corrected chi connectivity index (χ2v) is 7.40. The van der Waals surface area contributed by atoms with Crippen molar-refractivity contribution in [1.29, 1.82) is 0 Å². The average Bonchev–Trinajstić information content (AvgIpc) is 3.12. The third-order valence-corrected chi connectivity index (χ3v) is 5.89. The van der Waals surface area contributed by atoms with Crippen LogP contribution in [0.2, 0.25) is 0 Å². The number of amides is 3. The molecule has 1 atom stereocenters. The van der Waals surface area contributed by atoms with Crippen LogP contribution in [0.3, 0.4) is 0 Å². The molecule has 7 heteroatoms. The monoisotopic (exact) mass is 374 g/mol. The number of hydrogen-bond donors (Lipinski definition) is 3. The molecule has 0 radical (unpaired) electrons.